The summed E-state index contributed by atoms with van der Waals surface area (Å²) in [5, 5.41) is 4.99. The number of carbonyl (C=O) groups excluding carboxylic acids is 1. The van der Waals surface area contributed by atoms with Gasteiger partial charge in [-0.05, 0) is 29.8 Å². The Balaban J connectivity index is 1.69. The third-order valence-corrected chi connectivity index (χ3v) is 6.23. The van der Waals surface area contributed by atoms with Crippen molar-refractivity contribution < 1.29 is 13.9 Å². The molecule has 2 aromatic carbocycles. The van der Waals surface area contributed by atoms with Crippen LogP contribution in [0.15, 0.2) is 48.5 Å². The second-order valence-electron chi connectivity index (χ2n) is 9.95. The van der Waals surface area contributed by atoms with Crippen molar-refractivity contribution in [3.05, 3.63) is 76.9 Å². The Morgan fingerprint density at radius 2 is 1.85 bits per heavy atom. The van der Waals surface area contributed by atoms with Gasteiger partial charge < -0.3 is 9.64 Å². The van der Waals surface area contributed by atoms with E-state index in [1.54, 1.807) is 12.0 Å². The standard InChI is InChI=1S/C27H33FN4O2/c1-27(2,3)26(33)30(4)18-22-21-17-31(16-19-10-12-20(28)13-11-19)15-14-23(21)32(29-22)24-8-6-7-9-25(24)34-5/h6-13H,14-18H2,1-5H3. The van der Waals surface area contributed by atoms with E-state index in [-0.39, 0.29) is 11.7 Å². The van der Waals surface area contributed by atoms with Crippen molar-refractivity contribution in [1.29, 1.82) is 0 Å². The van der Waals surface area contributed by atoms with Gasteiger partial charge in [0.05, 0.1) is 25.0 Å². The molecule has 6 nitrogen and oxygen atoms in total. The Labute approximate surface area is 200 Å². The number of benzene rings is 2. The van der Waals surface area contributed by atoms with Crippen LogP contribution in [0, 0.1) is 11.2 Å². The van der Waals surface area contributed by atoms with Gasteiger partial charge in [-0.3, -0.25) is 9.69 Å². The van der Waals surface area contributed by atoms with E-state index in [9.17, 15) is 9.18 Å². The molecule has 180 valence electrons. The molecule has 0 saturated heterocycles. The van der Waals surface area contributed by atoms with Gasteiger partial charge in [-0.25, -0.2) is 9.07 Å². The summed E-state index contributed by atoms with van der Waals surface area (Å²) in [5.41, 5.74) is 4.69. The quantitative estimate of drug-likeness (QED) is 0.536. The number of para-hydroxylation sites is 2. The van der Waals surface area contributed by atoms with Crippen LogP contribution >= 0.6 is 0 Å². The molecule has 0 aliphatic carbocycles. The van der Waals surface area contributed by atoms with Gasteiger partial charge in [-0.1, -0.05) is 45.0 Å². The molecule has 0 N–H and O–H groups in total. The first-order chi connectivity index (χ1) is 16.2. The van der Waals surface area contributed by atoms with E-state index in [0.29, 0.717) is 6.54 Å². The summed E-state index contributed by atoms with van der Waals surface area (Å²) in [6.07, 6.45) is 0.818. The molecule has 0 saturated carbocycles. The number of fused-ring (bicyclic) bond motifs is 1. The zero-order chi connectivity index (χ0) is 24.5. The number of hydrogen-bond donors (Lipinski definition) is 0. The molecule has 2 heterocycles. The lowest BCUT2D eigenvalue weighted by atomic mass is 9.94. The van der Waals surface area contributed by atoms with Crippen LogP contribution in [0.4, 0.5) is 4.39 Å². The Morgan fingerprint density at radius 3 is 2.53 bits per heavy atom. The third-order valence-electron chi connectivity index (χ3n) is 6.23. The first-order valence-electron chi connectivity index (χ1n) is 11.6. The molecule has 0 radical (unpaired) electrons. The number of ether oxygens (including phenoxy) is 1. The molecule has 3 aromatic rings. The molecule has 1 amide bonds. The van der Waals surface area contributed by atoms with Gasteiger partial charge in [0.25, 0.3) is 0 Å². The van der Waals surface area contributed by atoms with E-state index in [1.807, 2.05) is 68.9 Å². The van der Waals surface area contributed by atoms with E-state index >= 15 is 0 Å². The number of methoxy groups -OCH3 is 1. The van der Waals surface area contributed by atoms with Gasteiger partial charge in [-0.2, -0.15) is 5.10 Å². The number of aromatic nitrogens is 2. The predicted octanol–water partition coefficient (Wildman–Crippen LogP) is 4.58. The Morgan fingerprint density at radius 1 is 1.15 bits per heavy atom. The highest BCUT2D eigenvalue weighted by Gasteiger charge is 2.30. The van der Waals surface area contributed by atoms with Crippen LogP contribution in [0.3, 0.4) is 0 Å². The maximum Gasteiger partial charge on any atom is 0.228 e. The number of hydrogen-bond acceptors (Lipinski definition) is 4. The molecular formula is C27H33FN4O2. The normalized spacial score (nSPS) is 14.1. The summed E-state index contributed by atoms with van der Waals surface area (Å²) < 4.78 is 20.9. The van der Waals surface area contributed by atoms with Crippen LogP contribution < -0.4 is 4.74 Å². The van der Waals surface area contributed by atoms with Crippen molar-refractivity contribution in [3.63, 3.8) is 0 Å². The fourth-order valence-electron chi connectivity index (χ4n) is 4.52. The highest BCUT2D eigenvalue weighted by atomic mass is 19.1. The summed E-state index contributed by atoms with van der Waals surface area (Å²) in [6.45, 7) is 8.54. The fourth-order valence-corrected chi connectivity index (χ4v) is 4.52. The molecule has 1 aromatic heterocycles. The summed E-state index contributed by atoms with van der Waals surface area (Å²) in [4.78, 5) is 17.0. The molecule has 0 atom stereocenters. The van der Waals surface area contributed by atoms with Crippen LogP contribution in [0.5, 0.6) is 5.75 Å². The zero-order valence-electron chi connectivity index (χ0n) is 20.6. The SMILES string of the molecule is COc1ccccc1-n1nc(CN(C)C(=O)C(C)(C)C)c2c1CCN(Cc1ccc(F)cc1)C2. The van der Waals surface area contributed by atoms with Gasteiger partial charge in [0.1, 0.15) is 17.3 Å². The Kier molecular flexibility index (Phi) is 6.75. The van der Waals surface area contributed by atoms with E-state index < -0.39 is 5.41 Å². The zero-order valence-corrected chi connectivity index (χ0v) is 20.6. The van der Waals surface area contributed by atoms with E-state index in [1.165, 1.54) is 12.1 Å². The van der Waals surface area contributed by atoms with Gasteiger partial charge >= 0.3 is 0 Å². The lowest BCUT2D eigenvalue weighted by Gasteiger charge is -2.29. The van der Waals surface area contributed by atoms with Crippen molar-refractivity contribution in [1.82, 2.24) is 19.6 Å². The second-order valence-corrected chi connectivity index (χ2v) is 9.95. The monoisotopic (exact) mass is 464 g/mol. The Hall–Kier alpha value is -3.19. The Bertz CT molecular complexity index is 1160. The van der Waals surface area contributed by atoms with Crippen molar-refractivity contribution in [2.75, 3.05) is 20.7 Å². The second kappa shape index (κ2) is 9.58. The molecule has 4 rings (SSSR count). The van der Waals surface area contributed by atoms with Gasteiger partial charge in [0.15, 0.2) is 0 Å². The smallest absolute Gasteiger partial charge is 0.228 e. The fraction of sp³-hybridized carbons (Fsp3) is 0.407. The van der Waals surface area contributed by atoms with E-state index in [2.05, 4.69) is 4.90 Å². The highest BCUT2D eigenvalue weighted by molar-refractivity contribution is 5.81. The highest BCUT2D eigenvalue weighted by Crippen LogP contribution is 2.31. The average molecular weight is 465 g/mol. The van der Waals surface area contributed by atoms with Crippen molar-refractivity contribution in [3.8, 4) is 11.4 Å². The molecule has 0 bridgehead atoms. The number of rotatable bonds is 6. The predicted molar refractivity (Wildman–Crippen MR) is 130 cm³/mol. The third kappa shape index (κ3) is 4.99. The first kappa shape index (κ1) is 24.0. The summed E-state index contributed by atoms with van der Waals surface area (Å²) >= 11 is 0. The molecule has 0 spiro atoms. The maximum absolute atomic E-state index is 13.3. The summed E-state index contributed by atoms with van der Waals surface area (Å²) in [7, 11) is 3.50. The maximum atomic E-state index is 13.3. The van der Waals surface area contributed by atoms with Crippen LogP contribution in [0.2, 0.25) is 0 Å². The van der Waals surface area contributed by atoms with Gasteiger partial charge in [0, 0.05) is 44.1 Å². The lowest BCUT2D eigenvalue weighted by Crippen LogP contribution is -2.37. The molecule has 0 unspecified atom stereocenters. The summed E-state index contributed by atoms with van der Waals surface area (Å²) in [6, 6.07) is 14.5. The van der Waals surface area contributed by atoms with Crippen molar-refractivity contribution in [2.24, 2.45) is 5.41 Å². The minimum absolute atomic E-state index is 0.0760. The van der Waals surface area contributed by atoms with E-state index in [4.69, 9.17) is 9.84 Å². The topological polar surface area (TPSA) is 50.6 Å². The molecule has 7 heteroatoms. The van der Waals surface area contributed by atoms with Gasteiger partial charge in [-0.15, -0.1) is 0 Å². The number of carbonyl (C=O) groups is 1. The molecule has 34 heavy (non-hydrogen) atoms. The number of halogens is 1. The van der Waals surface area contributed by atoms with E-state index in [0.717, 1.165) is 60.0 Å². The van der Waals surface area contributed by atoms with Crippen molar-refractivity contribution in [2.45, 2.75) is 46.8 Å². The molecular weight excluding hydrogens is 431 g/mol. The van der Waals surface area contributed by atoms with Crippen LogP contribution in [-0.4, -0.2) is 46.2 Å². The van der Waals surface area contributed by atoms with Crippen LogP contribution in [0.25, 0.3) is 5.69 Å². The molecule has 0 fully saturated rings. The average Bonchev–Trinajstić information content (AvgIpc) is 3.16. The van der Waals surface area contributed by atoms with Crippen molar-refractivity contribution >= 4 is 5.91 Å². The number of nitrogens with zero attached hydrogens (tertiary/aromatic N) is 4. The van der Waals surface area contributed by atoms with Crippen LogP contribution in [0.1, 0.15) is 43.3 Å². The largest absolute Gasteiger partial charge is 0.494 e. The number of amides is 1. The molecule has 1 aliphatic rings. The first-order valence-corrected chi connectivity index (χ1v) is 11.6. The lowest BCUT2D eigenvalue weighted by molar-refractivity contribution is -0.138. The molecule has 1 aliphatic heterocycles. The summed E-state index contributed by atoms with van der Waals surface area (Å²) in [5.74, 6) is 0.607. The van der Waals surface area contributed by atoms with Gasteiger partial charge in [0.2, 0.25) is 5.91 Å². The van der Waals surface area contributed by atoms with Crippen LogP contribution in [-0.2, 0) is 30.8 Å². The minimum atomic E-state index is -0.464. The minimum Gasteiger partial charge on any atom is -0.494 e.